The standard InChI is InChI=1S/C20H21ClN2O4S/c1-13(2)27-18-9-5-16(6-10-18)22-19(24)20-11-14(20)12-23(28(20,25)26)17-7-3-15(21)4-8-17/h3-10,13-14H,11-12H2,1-2H3,(H,22,24)/t14-,20-/m0/s1. The molecule has 4 rings (SSSR count). The summed E-state index contributed by atoms with van der Waals surface area (Å²) in [7, 11) is -3.81. The number of carbonyl (C=O) groups is 1. The van der Waals surface area contributed by atoms with Gasteiger partial charge >= 0.3 is 0 Å². The molecule has 2 aliphatic rings. The van der Waals surface area contributed by atoms with Gasteiger partial charge in [-0.25, -0.2) is 8.42 Å². The van der Waals surface area contributed by atoms with Gasteiger partial charge in [-0.15, -0.1) is 0 Å². The SMILES string of the molecule is CC(C)Oc1ccc(NC(=O)[C@]23C[C@H]2CN(c2ccc(Cl)cc2)S3(=O)=O)cc1. The highest BCUT2D eigenvalue weighted by Crippen LogP contribution is 2.58. The molecule has 0 radical (unpaired) electrons. The summed E-state index contributed by atoms with van der Waals surface area (Å²) in [6.07, 6.45) is 0.397. The van der Waals surface area contributed by atoms with Gasteiger partial charge in [0.15, 0.2) is 4.75 Å². The number of hydrogen-bond donors (Lipinski definition) is 1. The van der Waals surface area contributed by atoms with E-state index in [9.17, 15) is 13.2 Å². The Balaban J connectivity index is 1.53. The Morgan fingerprint density at radius 2 is 1.82 bits per heavy atom. The van der Waals surface area contributed by atoms with Gasteiger partial charge in [0.1, 0.15) is 5.75 Å². The molecule has 2 aromatic rings. The molecular formula is C20H21ClN2O4S. The van der Waals surface area contributed by atoms with Crippen molar-refractivity contribution < 1.29 is 17.9 Å². The fraction of sp³-hybridized carbons (Fsp3) is 0.350. The van der Waals surface area contributed by atoms with E-state index in [-0.39, 0.29) is 12.0 Å². The van der Waals surface area contributed by atoms with Gasteiger partial charge in [0.2, 0.25) is 15.9 Å². The summed E-state index contributed by atoms with van der Waals surface area (Å²) >= 11 is 5.89. The highest BCUT2D eigenvalue weighted by molar-refractivity contribution is 7.95. The van der Waals surface area contributed by atoms with Gasteiger partial charge in [0.05, 0.1) is 11.8 Å². The molecule has 2 aromatic carbocycles. The number of halogens is 1. The Morgan fingerprint density at radius 1 is 1.18 bits per heavy atom. The van der Waals surface area contributed by atoms with Crippen molar-refractivity contribution in [3.8, 4) is 5.75 Å². The maximum Gasteiger partial charge on any atom is 0.250 e. The fourth-order valence-corrected chi connectivity index (χ4v) is 6.19. The van der Waals surface area contributed by atoms with Gasteiger partial charge in [-0.1, -0.05) is 11.6 Å². The van der Waals surface area contributed by atoms with Crippen molar-refractivity contribution >= 4 is 38.9 Å². The van der Waals surface area contributed by atoms with Crippen LogP contribution in [0.1, 0.15) is 20.3 Å². The number of fused-ring (bicyclic) bond motifs is 1. The molecule has 1 N–H and O–H groups in total. The Morgan fingerprint density at radius 3 is 2.43 bits per heavy atom. The molecule has 1 heterocycles. The number of benzene rings is 2. The number of sulfonamides is 1. The van der Waals surface area contributed by atoms with E-state index < -0.39 is 20.7 Å². The van der Waals surface area contributed by atoms with E-state index in [1.165, 1.54) is 4.31 Å². The molecule has 1 saturated heterocycles. The van der Waals surface area contributed by atoms with Crippen LogP contribution in [-0.2, 0) is 14.8 Å². The van der Waals surface area contributed by atoms with Crippen LogP contribution in [0.3, 0.4) is 0 Å². The monoisotopic (exact) mass is 420 g/mol. The number of hydrogen-bond acceptors (Lipinski definition) is 4. The summed E-state index contributed by atoms with van der Waals surface area (Å²) in [5.41, 5.74) is 1.07. The first-order chi connectivity index (χ1) is 13.2. The molecule has 148 valence electrons. The van der Waals surface area contributed by atoms with Crippen molar-refractivity contribution in [2.24, 2.45) is 5.92 Å². The van der Waals surface area contributed by atoms with Crippen LogP contribution in [0, 0.1) is 5.92 Å². The van der Waals surface area contributed by atoms with E-state index in [0.29, 0.717) is 35.1 Å². The topological polar surface area (TPSA) is 75.7 Å². The molecular weight excluding hydrogens is 400 g/mol. The Hall–Kier alpha value is -2.25. The van der Waals surface area contributed by atoms with Crippen LogP contribution in [0.5, 0.6) is 5.75 Å². The van der Waals surface area contributed by atoms with Crippen molar-refractivity contribution in [3.63, 3.8) is 0 Å². The van der Waals surface area contributed by atoms with Crippen LogP contribution in [0.4, 0.5) is 11.4 Å². The summed E-state index contributed by atoms with van der Waals surface area (Å²) in [5.74, 6) is 0.000999. The molecule has 2 atom stereocenters. The zero-order valence-electron chi connectivity index (χ0n) is 15.6. The van der Waals surface area contributed by atoms with Crippen LogP contribution >= 0.6 is 11.6 Å². The lowest BCUT2D eigenvalue weighted by atomic mass is 10.2. The average Bonchev–Trinajstić information content (AvgIpc) is 3.33. The highest BCUT2D eigenvalue weighted by atomic mass is 35.5. The average molecular weight is 421 g/mol. The lowest BCUT2D eigenvalue weighted by molar-refractivity contribution is -0.116. The van der Waals surface area contributed by atoms with Crippen LogP contribution < -0.4 is 14.4 Å². The van der Waals surface area contributed by atoms with Crippen molar-refractivity contribution in [2.45, 2.75) is 31.1 Å². The molecule has 1 aliphatic heterocycles. The molecule has 0 unspecified atom stereocenters. The van der Waals surface area contributed by atoms with Gasteiger partial charge < -0.3 is 10.1 Å². The van der Waals surface area contributed by atoms with Crippen molar-refractivity contribution in [1.29, 1.82) is 0 Å². The summed E-state index contributed by atoms with van der Waals surface area (Å²) in [4.78, 5) is 12.9. The van der Waals surface area contributed by atoms with Crippen molar-refractivity contribution in [1.82, 2.24) is 0 Å². The Labute approximate surface area is 169 Å². The predicted molar refractivity (Wildman–Crippen MR) is 109 cm³/mol. The van der Waals surface area contributed by atoms with E-state index in [1.807, 2.05) is 13.8 Å². The van der Waals surface area contributed by atoms with Gasteiger partial charge in [-0.05, 0) is 68.8 Å². The first kappa shape index (κ1) is 19.1. The second kappa shape index (κ2) is 6.67. The Bertz CT molecular complexity index is 1010. The quantitative estimate of drug-likeness (QED) is 0.800. The first-order valence-electron chi connectivity index (χ1n) is 9.10. The van der Waals surface area contributed by atoms with E-state index >= 15 is 0 Å². The molecule has 1 saturated carbocycles. The van der Waals surface area contributed by atoms with E-state index in [0.717, 1.165) is 0 Å². The van der Waals surface area contributed by atoms with Crippen LogP contribution in [0.2, 0.25) is 5.02 Å². The largest absolute Gasteiger partial charge is 0.491 e. The first-order valence-corrected chi connectivity index (χ1v) is 10.9. The van der Waals surface area contributed by atoms with Gasteiger partial charge in [-0.2, -0.15) is 0 Å². The minimum absolute atomic E-state index is 0.0500. The summed E-state index contributed by atoms with van der Waals surface area (Å²) in [6.45, 7) is 4.16. The van der Waals surface area contributed by atoms with Crippen molar-refractivity contribution in [3.05, 3.63) is 53.6 Å². The smallest absolute Gasteiger partial charge is 0.250 e. The third-order valence-corrected chi connectivity index (χ3v) is 7.97. The highest BCUT2D eigenvalue weighted by Gasteiger charge is 2.75. The number of nitrogens with one attached hydrogen (secondary N) is 1. The van der Waals surface area contributed by atoms with Crippen LogP contribution in [0.25, 0.3) is 0 Å². The fourth-order valence-electron chi connectivity index (χ4n) is 3.70. The number of ether oxygens (including phenoxy) is 1. The number of amides is 1. The summed E-state index contributed by atoms with van der Waals surface area (Å²) in [5, 5.41) is 3.29. The summed E-state index contributed by atoms with van der Waals surface area (Å²) < 4.78 is 31.8. The molecule has 1 aliphatic carbocycles. The zero-order valence-corrected chi connectivity index (χ0v) is 17.1. The molecule has 0 bridgehead atoms. The van der Waals surface area contributed by atoms with E-state index in [1.54, 1.807) is 48.5 Å². The van der Waals surface area contributed by atoms with E-state index in [4.69, 9.17) is 16.3 Å². The van der Waals surface area contributed by atoms with Gasteiger partial charge in [-0.3, -0.25) is 9.10 Å². The summed E-state index contributed by atoms with van der Waals surface area (Å²) in [6, 6.07) is 13.5. The molecule has 0 spiro atoms. The lowest BCUT2D eigenvalue weighted by Crippen LogP contribution is -2.42. The second-order valence-electron chi connectivity index (χ2n) is 7.45. The predicted octanol–water partition coefficient (Wildman–Crippen LogP) is 3.67. The molecule has 0 aromatic heterocycles. The maximum atomic E-state index is 13.2. The van der Waals surface area contributed by atoms with Crippen LogP contribution in [-0.4, -0.2) is 31.7 Å². The van der Waals surface area contributed by atoms with Gasteiger partial charge in [0.25, 0.3) is 0 Å². The number of carbonyl (C=O) groups excluding carboxylic acids is 1. The lowest BCUT2D eigenvalue weighted by Gasteiger charge is -2.23. The minimum Gasteiger partial charge on any atom is -0.491 e. The number of anilines is 2. The van der Waals surface area contributed by atoms with E-state index in [2.05, 4.69) is 5.32 Å². The van der Waals surface area contributed by atoms with Crippen molar-refractivity contribution in [2.75, 3.05) is 16.2 Å². The molecule has 1 amide bonds. The molecule has 6 nitrogen and oxygen atoms in total. The second-order valence-corrected chi connectivity index (χ2v) is 10.0. The Kier molecular flexibility index (Phi) is 4.55. The zero-order chi connectivity index (χ0) is 20.1. The molecule has 8 heteroatoms. The molecule has 28 heavy (non-hydrogen) atoms. The van der Waals surface area contributed by atoms with Gasteiger partial charge in [0, 0.05) is 23.2 Å². The minimum atomic E-state index is -3.81. The number of rotatable bonds is 5. The third-order valence-electron chi connectivity index (χ3n) is 5.17. The number of nitrogens with zero attached hydrogens (tertiary/aromatic N) is 1. The normalized spacial score (nSPS) is 24.7. The third kappa shape index (κ3) is 3.02. The van der Waals surface area contributed by atoms with Crippen LogP contribution in [0.15, 0.2) is 48.5 Å². The maximum absolute atomic E-state index is 13.2. The molecule has 2 fully saturated rings.